The van der Waals surface area contributed by atoms with Crippen LogP contribution in [0, 0.1) is 0 Å². The van der Waals surface area contributed by atoms with E-state index in [1.165, 1.54) is 18.3 Å². The number of benzene rings is 2. The first kappa shape index (κ1) is 22.9. The monoisotopic (exact) mass is 476 g/mol. The molecule has 1 N–H and O–H groups in total. The van der Waals surface area contributed by atoms with Crippen LogP contribution in [0.3, 0.4) is 0 Å². The standard InChI is InChI=1S/C21H18Cl2N4O3S/c22-19-7-6-17(12-20(19)23)14-27(31(29,30)18-4-2-1-3-5-18)15-21(28)26-25-13-16-8-10-24-11-9-16/h1-13H,14-15H2,(H,26,28)/b25-13+. The van der Waals surface area contributed by atoms with Crippen molar-refractivity contribution >= 4 is 45.3 Å². The number of hydrogen-bond donors (Lipinski definition) is 1. The smallest absolute Gasteiger partial charge is 0.255 e. The van der Waals surface area contributed by atoms with Crippen LogP contribution in [0.15, 0.2) is 83.1 Å². The van der Waals surface area contributed by atoms with Crippen molar-refractivity contribution in [3.63, 3.8) is 0 Å². The lowest BCUT2D eigenvalue weighted by Crippen LogP contribution is -2.39. The Bertz CT molecular complexity index is 1170. The van der Waals surface area contributed by atoms with Crippen molar-refractivity contribution in [2.24, 2.45) is 5.10 Å². The molecule has 31 heavy (non-hydrogen) atoms. The SMILES string of the molecule is O=C(CN(Cc1ccc(Cl)c(Cl)c1)S(=O)(=O)c1ccccc1)N/N=C/c1ccncc1. The molecule has 160 valence electrons. The van der Waals surface area contributed by atoms with E-state index < -0.39 is 22.5 Å². The number of halogens is 2. The van der Waals surface area contributed by atoms with Crippen molar-refractivity contribution < 1.29 is 13.2 Å². The molecule has 7 nitrogen and oxygen atoms in total. The summed E-state index contributed by atoms with van der Waals surface area (Å²) in [6, 6.07) is 16.1. The zero-order valence-electron chi connectivity index (χ0n) is 16.2. The lowest BCUT2D eigenvalue weighted by Gasteiger charge is -2.21. The maximum atomic E-state index is 13.2. The van der Waals surface area contributed by atoms with E-state index in [4.69, 9.17) is 23.2 Å². The molecule has 3 rings (SSSR count). The number of amides is 1. The van der Waals surface area contributed by atoms with Crippen LogP contribution < -0.4 is 5.43 Å². The highest BCUT2D eigenvalue weighted by atomic mass is 35.5. The summed E-state index contributed by atoms with van der Waals surface area (Å²) < 4.78 is 27.4. The Kier molecular flexibility index (Phi) is 7.75. The van der Waals surface area contributed by atoms with E-state index in [0.717, 1.165) is 9.87 Å². The molecule has 0 fully saturated rings. The van der Waals surface area contributed by atoms with Crippen molar-refractivity contribution in [2.45, 2.75) is 11.4 Å². The van der Waals surface area contributed by atoms with E-state index in [1.807, 2.05) is 0 Å². The zero-order valence-corrected chi connectivity index (χ0v) is 18.5. The first-order valence-electron chi connectivity index (χ1n) is 9.07. The van der Waals surface area contributed by atoms with Gasteiger partial charge in [0.15, 0.2) is 0 Å². The van der Waals surface area contributed by atoms with Crippen molar-refractivity contribution in [1.82, 2.24) is 14.7 Å². The van der Waals surface area contributed by atoms with Crippen molar-refractivity contribution in [2.75, 3.05) is 6.54 Å². The predicted molar refractivity (Wildman–Crippen MR) is 120 cm³/mol. The number of nitrogens with one attached hydrogen (secondary N) is 1. The summed E-state index contributed by atoms with van der Waals surface area (Å²) in [4.78, 5) is 16.4. The summed E-state index contributed by atoms with van der Waals surface area (Å²) in [5, 5.41) is 4.52. The first-order chi connectivity index (χ1) is 14.9. The van der Waals surface area contributed by atoms with E-state index in [2.05, 4.69) is 15.5 Å². The number of pyridine rings is 1. The Morgan fingerprint density at radius 2 is 1.74 bits per heavy atom. The van der Waals surface area contributed by atoms with Gasteiger partial charge in [0.05, 0.1) is 27.7 Å². The molecule has 1 heterocycles. The minimum atomic E-state index is -3.96. The van der Waals surface area contributed by atoms with E-state index in [9.17, 15) is 13.2 Å². The summed E-state index contributed by atoms with van der Waals surface area (Å²) in [6.07, 6.45) is 4.62. The molecule has 3 aromatic rings. The fourth-order valence-electron chi connectivity index (χ4n) is 2.63. The molecule has 1 amide bonds. The molecule has 10 heteroatoms. The Labute approximate surface area is 190 Å². The molecule has 0 saturated carbocycles. The van der Waals surface area contributed by atoms with Gasteiger partial charge in [0.25, 0.3) is 5.91 Å². The average Bonchev–Trinajstić information content (AvgIpc) is 2.77. The van der Waals surface area contributed by atoms with Crippen LogP contribution in [0.5, 0.6) is 0 Å². The summed E-state index contributed by atoms with van der Waals surface area (Å²) in [5.41, 5.74) is 3.67. The molecule has 0 atom stereocenters. The third-order valence-electron chi connectivity index (χ3n) is 4.15. The second-order valence-electron chi connectivity index (χ2n) is 6.41. The highest BCUT2D eigenvalue weighted by Crippen LogP contribution is 2.25. The second kappa shape index (κ2) is 10.5. The van der Waals surface area contributed by atoms with Gasteiger partial charge in [-0.1, -0.05) is 47.5 Å². The van der Waals surface area contributed by atoms with E-state index in [1.54, 1.807) is 60.9 Å². The number of rotatable bonds is 8. The molecule has 0 aliphatic heterocycles. The van der Waals surface area contributed by atoms with E-state index in [-0.39, 0.29) is 11.4 Å². The summed E-state index contributed by atoms with van der Waals surface area (Å²) in [5.74, 6) is -0.593. The van der Waals surface area contributed by atoms with Gasteiger partial charge in [-0.3, -0.25) is 9.78 Å². The maximum Gasteiger partial charge on any atom is 0.255 e. The van der Waals surface area contributed by atoms with Gasteiger partial charge in [-0.2, -0.15) is 9.41 Å². The number of aromatic nitrogens is 1. The van der Waals surface area contributed by atoms with E-state index >= 15 is 0 Å². The maximum absolute atomic E-state index is 13.2. The Balaban J connectivity index is 1.80. The molecule has 0 unspecified atom stereocenters. The summed E-state index contributed by atoms with van der Waals surface area (Å²) in [6.45, 7) is -0.513. The highest BCUT2D eigenvalue weighted by molar-refractivity contribution is 7.89. The molecule has 1 aromatic heterocycles. The minimum Gasteiger partial charge on any atom is -0.272 e. The number of carbonyl (C=O) groups excluding carboxylic acids is 1. The quantitative estimate of drug-likeness (QED) is 0.396. The topological polar surface area (TPSA) is 91.7 Å². The summed E-state index contributed by atoms with van der Waals surface area (Å²) >= 11 is 12.0. The van der Waals surface area contributed by atoms with Gasteiger partial charge < -0.3 is 0 Å². The highest BCUT2D eigenvalue weighted by Gasteiger charge is 2.27. The van der Waals surface area contributed by atoms with Crippen LogP contribution in [0.25, 0.3) is 0 Å². The molecule has 0 spiro atoms. The van der Waals surface area contributed by atoms with Gasteiger partial charge >= 0.3 is 0 Å². The molecule has 0 aliphatic rings. The van der Waals surface area contributed by atoms with E-state index in [0.29, 0.717) is 15.6 Å². The Morgan fingerprint density at radius 1 is 1.03 bits per heavy atom. The van der Waals surface area contributed by atoms with Gasteiger partial charge in [-0.25, -0.2) is 13.8 Å². The molecular weight excluding hydrogens is 459 g/mol. The third-order valence-corrected chi connectivity index (χ3v) is 6.70. The number of carbonyl (C=O) groups is 1. The number of sulfonamides is 1. The van der Waals surface area contributed by atoms with Crippen LogP contribution in [-0.2, 0) is 21.4 Å². The third kappa shape index (κ3) is 6.35. The summed E-state index contributed by atoms with van der Waals surface area (Å²) in [7, 11) is -3.96. The van der Waals surface area contributed by atoms with Gasteiger partial charge in [0, 0.05) is 18.9 Å². The van der Waals surface area contributed by atoms with Gasteiger partial charge in [-0.15, -0.1) is 0 Å². The normalized spacial score (nSPS) is 11.7. The first-order valence-corrected chi connectivity index (χ1v) is 11.3. The molecule has 2 aromatic carbocycles. The zero-order chi connectivity index (χ0) is 22.3. The molecule has 0 aliphatic carbocycles. The Morgan fingerprint density at radius 3 is 2.42 bits per heavy atom. The number of nitrogens with zero attached hydrogens (tertiary/aromatic N) is 3. The van der Waals surface area contributed by atoms with Gasteiger partial charge in [-0.05, 0) is 47.5 Å². The minimum absolute atomic E-state index is 0.0724. The van der Waals surface area contributed by atoms with Crippen molar-refractivity contribution in [1.29, 1.82) is 0 Å². The van der Waals surface area contributed by atoms with Crippen LogP contribution in [0.1, 0.15) is 11.1 Å². The largest absolute Gasteiger partial charge is 0.272 e. The lowest BCUT2D eigenvalue weighted by molar-refractivity contribution is -0.121. The van der Waals surface area contributed by atoms with Crippen molar-refractivity contribution in [3.8, 4) is 0 Å². The Hall–Kier alpha value is -2.78. The van der Waals surface area contributed by atoms with Crippen molar-refractivity contribution in [3.05, 3.63) is 94.2 Å². The van der Waals surface area contributed by atoms with Gasteiger partial charge in [0.1, 0.15) is 0 Å². The van der Waals surface area contributed by atoms with Crippen LogP contribution in [-0.4, -0.2) is 36.4 Å². The number of hydrazone groups is 1. The van der Waals surface area contributed by atoms with Gasteiger partial charge in [0.2, 0.25) is 10.0 Å². The number of hydrogen-bond acceptors (Lipinski definition) is 5. The molecular formula is C21H18Cl2N4O3S. The van der Waals surface area contributed by atoms with Crippen LogP contribution in [0.4, 0.5) is 0 Å². The molecule has 0 radical (unpaired) electrons. The fraction of sp³-hybridized carbons (Fsp3) is 0.0952. The predicted octanol–water partition coefficient (Wildman–Crippen LogP) is 3.73. The fourth-order valence-corrected chi connectivity index (χ4v) is 4.36. The molecule has 0 saturated heterocycles. The molecule has 0 bridgehead atoms. The lowest BCUT2D eigenvalue weighted by atomic mass is 10.2. The van der Waals surface area contributed by atoms with Crippen LogP contribution >= 0.6 is 23.2 Å². The second-order valence-corrected chi connectivity index (χ2v) is 9.16. The van der Waals surface area contributed by atoms with Crippen LogP contribution in [0.2, 0.25) is 10.0 Å². The average molecular weight is 477 g/mol.